The topological polar surface area (TPSA) is 98.1 Å². The molecule has 1 aliphatic heterocycles. The number of rotatable bonds is 5. The van der Waals surface area contributed by atoms with Crippen molar-refractivity contribution in [2.45, 2.75) is 31.3 Å². The third-order valence-electron chi connectivity index (χ3n) is 2.95. The van der Waals surface area contributed by atoms with Gasteiger partial charge in [0.05, 0.1) is 0 Å². The summed E-state index contributed by atoms with van der Waals surface area (Å²) < 4.78 is 0. The van der Waals surface area contributed by atoms with Gasteiger partial charge in [-0.05, 0) is 25.9 Å². The minimum Gasteiger partial charge on any atom is -1.00 e. The number of carboxylic acid groups (broad SMARTS) is 2. The molecule has 0 saturated carbocycles. The quantitative estimate of drug-likeness (QED) is 0.347. The van der Waals surface area contributed by atoms with Crippen molar-refractivity contribution in [2.75, 3.05) is 19.6 Å². The van der Waals surface area contributed by atoms with Gasteiger partial charge in [-0.15, -0.1) is 0 Å². The van der Waals surface area contributed by atoms with Crippen LogP contribution >= 0.6 is 0 Å². The third kappa shape index (κ3) is 4.32. The normalized spacial score (nSPS) is 17.2. The molecule has 0 unspecified atom stereocenters. The van der Waals surface area contributed by atoms with E-state index in [4.69, 9.17) is 10.2 Å². The predicted octanol–water partition coefficient (Wildman–Crippen LogP) is -3.12. The summed E-state index contributed by atoms with van der Waals surface area (Å²) in [6.07, 6.45) is 2.95. The van der Waals surface area contributed by atoms with E-state index in [2.05, 4.69) is 0 Å². The van der Waals surface area contributed by atoms with Crippen LogP contribution in [-0.4, -0.2) is 57.4 Å². The van der Waals surface area contributed by atoms with Crippen molar-refractivity contribution in [1.82, 2.24) is 4.90 Å². The Kier molecular flexibility index (Phi) is 6.79. The van der Waals surface area contributed by atoms with Gasteiger partial charge in [0.15, 0.2) is 0 Å². The predicted molar refractivity (Wildman–Crippen MR) is 56.2 cm³/mol. The van der Waals surface area contributed by atoms with Gasteiger partial charge >= 0.3 is 30.8 Å². The van der Waals surface area contributed by atoms with Crippen molar-refractivity contribution in [3.63, 3.8) is 0 Å². The summed E-state index contributed by atoms with van der Waals surface area (Å²) in [7, 11) is 0. The third-order valence-corrected chi connectivity index (χ3v) is 2.95. The first-order chi connectivity index (χ1) is 7.47. The zero-order chi connectivity index (χ0) is 12.2. The molecule has 0 aromatic rings. The maximum absolute atomic E-state index is 10.7. The van der Waals surface area contributed by atoms with Crippen LogP contribution in [-0.2, 0) is 9.59 Å². The summed E-state index contributed by atoms with van der Waals surface area (Å²) in [5.74, 6) is -3.39. The molecule has 0 bridgehead atoms. The van der Waals surface area contributed by atoms with E-state index >= 15 is 0 Å². The van der Waals surface area contributed by atoms with Gasteiger partial charge in [-0.1, -0.05) is 6.42 Å². The number of aliphatic carboxylic acids is 2. The maximum atomic E-state index is 10.7. The van der Waals surface area contributed by atoms with Gasteiger partial charge in [0, 0.05) is 13.0 Å². The molecule has 94 valence electrons. The molecule has 1 aliphatic rings. The van der Waals surface area contributed by atoms with E-state index in [0.29, 0.717) is 6.54 Å². The van der Waals surface area contributed by atoms with Crippen LogP contribution in [0, 0.1) is 0 Å². The standard InChI is InChI=1S/C10H17NO5.Li.H/c12-8(13)10(16,9(14)15)4-7-11-5-2-1-3-6-11;;/h16H,1-7H2,(H,12,13)(H,14,15);;/q;+1;-1. The minimum atomic E-state index is -2.66. The van der Waals surface area contributed by atoms with Crippen molar-refractivity contribution in [1.29, 1.82) is 0 Å². The summed E-state index contributed by atoms with van der Waals surface area (Å²) >= 11 is 0. The molecular formula is C10H18LiNO5. The second kappa shape index (κ2) is 7.02. The molecule has 0 aromatic heterocycles. The van der Waals surface area contributed by atoms with Crippen LogP contribution < -0.4 is 18.9 Å². The van der Waals surface area contributed by atoms with Gasteiger partial charge in [0.1, 0.15) is 0 Å². The fourth-order valence-corrected chi connectivity index (χ4v) is 1.81. The molecule has 0 aromatic carbocycles. The average Bonchev–Trinajstić information content (AvgIpc) is 2.26. The van der Waals surface area contributed by atoms with Gasteiger partial charge in [0.2, 0.25) is 0 Å². The van der Waals surface area contributed by atoms with Gasteiger partial charge in [-0.25, -0.2) is 9.59 Å². The fraction of sp³-hybridized carbons (Fsp3) is 0.800. The summed E-state index contributed by atoms with van der Waals surface area (Å²) in [5.41, 5.74) is -2.66. The van der Waals surface area contributed by atoms with E-state index in [1.54, 1.807) is 0 Å². The van der Waals surface area contributed by atoms with E-state index < -0.39 is 17.5 Å². The number of aliphatic hydroxyl groups is 1. The summed E-state index contributed by atoms with van der Waals surface area (Å²) in [4.78, 5) is 23.4. The first kappa shape index (κ1) is 16.5. The Morgan fingerprint density at radius 3 is 2.00 bits per heavy atom. The Labute approximate surface area is 113 Å². The fourth-order valence-electron chi connectivity index (χ4n) is 1.81. The van der Waals surface area contributed by atoms with Crippen molar-refractivity contribution < 1.29 is 45.2 Å². The second-order valence-corrected chi connectivity index (χ2v) is 4.12. The summed E-state index contributed by atoms with van der Waals surface area (Å²) in [5, 5.41) is 26.8. The molecule has 0 aliphatic carbocycles. The molecule has 1 saturated heterocycles. The summed E-state index contributed by atoms with van der Waals surface area (Å²) in [6.45, 7) is 1.99. The van der Waals surface area contributed by atoms with Gasteiger partial charge in [0.25, 0.3) is 5.60 Å². The van der Waals surface area contributed by atoms with E-state index in [0.717, 1.165) is 32.4 Å². The zero-order valence-corrected chi connectivity index (χ0v) is 10.1. The molecule has 17 heavy (non-hydrogen) atoms. The van der Waals surface area contributed by atoms with E-state index in [1.165, 1.54) is 0 Å². The monoisotopic (exact) mass is 239 g/mol. The molecule has 1 fully saturated rings. The van der Waals surface area contributed by atoms with Crippen molar-refractivity contribution in [2.24, 2.45) is 0 Å². The molecule has 1 rings (SSSR count). The Morgan fingerprint density at radius 2 is 1.59 bits per heavy atom. The van der Waals surface area contributed by atoms with Crippen LogP contribution in [0.4, 0.5) is 0 Å². The second-order valence-electron chi connectivity index (χ2n) is 4.12. The number of piperidine rings is 1. The number of hydrogen-bond acceptors (Lipinski definition) is 4. The molecule has 1 heterocycles. The van der Waals surface area contributed by atoms with Gasteiger partial charge in [-0.3, -0.25) is 0 Å². The minimum absolute atomic E-state index is 0. The van der Waals surface area contributed by atoms with Crippen LogP contribution in [0.5, 0.6) is 0 Å². The molecule has 0 spiro atoms. The van der Waals surface area contributed by atoms with Crippen LogP contribution in [0.3, 0.4) is 0 Å². The molecule has 0 atom stereocenters. The van der Waals surface area contributed by atoms with Crippen LogP contribution in [0.2, 0.25) is 0 Å². The molecular weight excluding hydrogens is 221 g/mol. The number of carbonyl (C=O) groups is 2. The van der Waals surface area contributed by atoms with Crippen molar-refractivity contribution in [3.8, 4) is 0 Å². The Balaban J connectivity index is 0. The first-order valence-corrected chi connectivity index (χ1v) is 5.38. The van der Waals surface area contributed by atoms with Gasteiger partial charge < -0.3 is 21.6 Å². The Bertz CT molecular complexity index is 269. The van der Waals surface area contributed by atoms with Gasteiger partial charge in [-0.2, -0.15) is 0 Å². The average molecular weight is 239 g/mol. The number of nitrogens with zero attached hydrogens (tertiary/aromatic N) is 1. The molecule has 6 nitrogen and oxygen atoms in total. The van der Waals surface area contributed by atoms with Crippen molar-refractivity contribution in [3.05, 3.63) is 0 Å². The zero-order valence-electron chi connectivity index (χ0n) is 11.1. The molecule has 0 amide bonds. The molecule has 3 N–H and O–H groups in total. The largest absolute Gasteiger partial charge is 1.00 e. The molecule has 0 radical (unpaired) electrons. The summed E-state index contributed by atoms with van der Waals surface area (Å²) in [6, 6.07) is 0. The van der Waals surface area contributed by atoms with Crippen molar-refractivity contribution >= 4 is 11.9 Å². The van der Waals surface area contributed by atoms with E-state index in [1.807, 2.05) is 4.90 Å². The molecule has 7 heteroatoms. The number of carboxylic acids is 2. The SMILES string of the molecule is O=C(O)C(O)(CCN1CCCCC1)C(=O)O.[H-].[Li+]. The maximum Gasteiger partial charge on any atom is 1.00 e. The van der Waals surface area contributed by atoms with E-state index in [9.17, 15) is 14.7 Å². The number of hydrogen-bond donors (Lipinski definition) is 3. The van der Waals surface area contributed by atoms with Crippen LogP contribution in [0.15, 0.2) is 0 Å². The van der Waals surface area contributed by atoms with Crippen LogP contribution in [0.1, 0.15) is 27.1 Å². The smallest absolute Gasteiger partial charge is 1.00 e. The Hall–Kier alpha value is -0.543. The van der Waals surface area contributed by atoms with E-state index in [-0.39, 0.29) is 26.7 Å². The number of likely N-dealkylation sites (tertiary alicyclic amines) is 1. The van der Waals surface area contributed by atoms with Crippen LogP contribution in [0.25, 0.3) is 0 Å². The Morgan fingerprint density at radius 1 is 1.12 bits per heavy atom. The first-order valence-electron chi connectivity index (χ1n) is 5.38.